The molecule has 0 radical (unpaired) electrons. The van der Waals surface area contributed by atoms with Crippen LogP contribution in [0.5, 0.6) is 0 Å². The molecule has 6 nitrogen and oxygen atoms in total. The second-order valence-corrected chi connectivity index (χ2v) is 7.95. The molecule has 1 amide bonds. The Bertz CT molecular complexity index is 934. The maximum absolute atomic E-state index is 13.0. The molecule has 0 saturated carbocycles. The molecule has 0 N–H and O–H groups in total. The van der Waals surface area contributed by atoms with Gasteiger partial charge in [0, 0.05) is 24.0 Å². The SMILES string of the molecule is O=C(O[C@@H](C(=O)N1CCOCC1)c1ccccc1)c1csc(-c2cccs2)n1. The fourth-order valence-corrected chi connectivity index (χ4v) is 4.49. The summed E-state index contributed by atoms with van der Waals surface area (Å²) in [6, 6.07) is 13.0. The van der Waals surface area contributed by atoms with Crippen LogP contribution in [0.3, 0.4) is 0 Å². The molecule has 1 aromatic carbocycles. The highest BCUT2D eigenvalue weighted by molar-refractivity contribution is 7.20. The number of rotatable bonds is 5. The molecule has 2 aromatic heterocycles. The number of carbonyl (C=O) groups excluding carboxylic acids is 2. The van der Waals surface area contributed by atoms with Crippen LogP contribution in [0, 0.1) is 0 Å². The molecule has 3 aromatic rings. The molecule has 1 aliphatic heterocycles. The van der Waals surface area contributed by atoms with Crippen molar-refractivity contribution >= 4 is 34.6 Å². The molecule has 0 bridgehead atoms. The lowest BCUT2D eigenvalue weighted by Crippen LogP contribution is -2.44. The van der Waals surface area contributed by atoms with Crippen LogP contribution in [-0.2, 0) is 14.3 Å². The lowest BCUT2D eigenvalue weighted by atomic mass is 10.1. The predicted molar refractivity (Wildman–Crippen MR) is 107 cm³/mol. The van der Waals surface area contributed by atoms with E-state index in [1.807, 2.05) is 35.7 Å². The summed E-state index contributed by atoms with van der Waals surface area (Å²) < 4.78 is 11.0. The van der Waals surface area contributed by atoms with Gasteiger partial charge in [-0.25, -0.2) is 9.78 Å². The number of morpholine rings is 1. The number of hydrogen-bond acceptors (Lipinski definition) is 7. The summed E-state index contributed by atoms with van der Waals surface area (Å²) in [6.45, 7) is 1.94. The Balaban J connectivity index is 1.55. The number of benzene rings is 1. The molecule has 4 rings (SSSR count). The quantitative estimate of drug-likeness (QED) is 0.597. The van der Waals surface area contributed by atoms with Gasteiger partial charge < -0.3 is 14.4 Å². The number of carbonyl (C=O) groups is 2. The fraction of sp³-hybridized carbons (Fsp3) is 0.250. The van der Waals surface area contributed by atoms with Gasteiger partial charge in [0.25, 0.3) is 5.91 Å². The molecular weight excluding hydrogens is 396 g/mol. The molecule has 3 heterocycles. The van der Waals surface area contributed by atoms with Gasteiger partial charge in [-0.1, -0.05) is 36.4 Å². The molecule has 0 aliphatic carbocycles. The molecule has 1 saturated heterocycles. The summed E-state index contributed by atoms with van der Waals surface area (Å²) >= 11 is 2.94. The van der Waals surface area contributed by atoms with E-state index in [9.17, 15) is 9.59 Å². The first kappa shape index (κ1) is 18.8. The van der Waals surface area contributed by atoms with Crippen molar-refractivity contribution in [2.45, 2.75) is 6.10 Å². The van der Waals surface area contributed by atoms with Crippen LogP contribution in [-0.4, -0.2) is 48.1 Å². The summed E-state index contributed by atoms with van der Waals surface area (Å²) in [6.07, 6.45) is -1.00. The first-order valence-electron chi connectivity index (χ1n) is 8.84. The second-order valence-electron chi connectivity index (χ2n) is 6.15. The lowest BCUT2D eigenvalue weighted by Gasteiger charge is -2.30. The largest absolute Gasteiger partial charge is 0.443 e. The topological polar surface area (TPSA) is 68.7 Å². The molecule has 1 fully saturated rings. The lowest BCUT2D eigenvalue weighted by molar-refractivity contribution is -0.145. The number of ether oxygens (including phenoxy) is 2. The molecular formula is C20H18N2O4S2. The van der Waals surface area contributed by atoms with E-state index in [0.29, 0.717) is 31.9 Å². The van der Waals surface area contributed by atoms with Crippen molar-refractivity contribution in [1.29, 1.82) is 0 Å². The zero-order valence-electron chi connectivity index (χ0n) is 14.9. The van der Waals surface area contributed by atoms with Gasteiger partial charge in [0.05, 0.1) is 18.1 Å². The smallest absolute Gasteiger partial charge is 0.358 e. The number of amides is 1. The molecule has 1 aliphatic rings. The van der Waals surface area contributed by atoms with Crippen molar-refractivity contribution in [3.8, 4) is 9.88 Å². The van der Waals surface area contributed by atoms with Gasteiger partial charge in [-0.3, -0.25) is 4.79 Å². The van der Waals surface area contributed by atoms with Crippen molar-refractivity contribution in [1.82, 2.24) is 9.88 Å². The van der Waals surface area contributed by atoms with Gasteiger partial charge in [-0.2, -0.15) is 0 Å². The molecule has 0 spiro atoms. The van der Waals surface area contributed by atoms with Gasteiger partial charge in [0.15, 0.2) is 5.69 Å². The predicted octanol–water partition coefficient (Wildman–Crippen LogP) is 3.63. The fourth-order valence-electron chi connectivity index (χ4n) is 2.89. The van der Waals surface area contributed by atoms with Crippen LogP contribution in [0.2, 0.25) is 0 Å². The summed E-state index contributed by atoms with van der Waals surface area (Å²) in [7, 11) is 0. The average molecular weight is 415 g/mol. The molecule has 28 heavy (non-hydrogen) atoms. The van der Waals surface area contributed by atoms with Crippen LogP contribution < -0.4 is 0 Å². The van der Waals surface area contributed by atoms with Crippen molar-refractivity contribution in [2.75, 3.05) is 26.3 Å². The van der Waals surface area contributed by atoms with E-state index in [0.717, 1.165) is 9.88 Å². The highest BCUT2D eigenvalue weighted by atomic mass is 32.1. The van der Waals surface area contributed by atoms with E-state index in [-0.39, 0.29) is 11.6 Å². The Morgan fingerprint density at radius 2 is 1.86 bits per heavy atom. The third-order valence-corrected chi connectivity index (χ3v) is 6.20. The normalized spacial score (nSPS) is 15.2. The average Bonchev–Trinajstić information content (AvgIpc) is 3.44. The Labute approximate surface area is 170 Å². The van der Waals surface area contributed by atoms with Gasteiger partial charge in [-0.05, 0) is 11.4 Å². The second kappa shape index (κ2) is 8.64. The molecule has 8 heteroatoms. The molecule has 0 unspecified atom stereocenters. The summed E-state index contributed by atoms with van der Waals surface area (Å²) in [5.41, 5.74) is 0.852. The molecule has 144 valence electrons. The Morgan fingerprint density at radius 1 is 1.07 bits per heavy atom. The maximum Gasteiger partial charge on any atom is 0.358 e. The number of hydrogen-bond donors (Lipinski definition) is 0. The van der Waals surface area contributed by atoms with Crippen molar-refractivity contribution in [3.63, 3.8) is 0 Å². The van der Waals surface area contributed by atoms with E-state index >= 15 is 0 Å². The first-order chi connectivity index (χ1) is 13.7. The van der Waals surface area contributed by atoms with Crippen LogP contribution in [0.1, 0.15) is 22.2 Å². The monoisotopic (exact) mass is 414 g/mol. The van der Waals surface area contributed by atoms with Crippen LogP contribution in [0.4, 0.5) is 0 Å². The van der Waals surface area contributed by atoms with Gasteiger partial charge in [0.2, 0.25) is 6.10 Å². The molecule has 1 atom stereocenters. The van der Waals surface area contributed by atoms with E-state index in [4.69, 9.17) is 9.47 Å². The summed E-state index contributed by atoms with van der Waals surface area (Å²) in [4.78, 5) is 32.8. The van der Waals surface area contributed by atoms with Gasteiger partial charge in [0.1, 0.15) is 5.01 Å². The number of esters is 1. The third-order valence-electron chi connectivity index (χ3n) is 4.32. The number of thiazole rings is 1. The number of aromatic nitrogens is 1. The maximum atomic E-state index is 13.0. The minimum Gasteiger partial charge on any atom is -0.443 e. The van der Waals surface area contributed by atoms with Gasteiger partial charge in [-0.15, -0.1) is 22.7 Å². The highest BCUT2D eigenvalue weighted by Crippen LogP contribution is 2.29. The van der Waals surface area contributed by atoms with Gasteiger partial charge >= 0.3 is 5.97 Å². The Hall–Kier alpha value is -2.55. The van der Waals surface area contributed by atoms with Crippen molar-refractivity contribution < 1.29 is 19.1 Å². The summed E-state index contributed by atoms with van der Waals surface area (Å²) in [5, 5.41) is 4.39. The minimum absolute atomic E-state index is 0.212. The summed E-state index contributed by atoms with van der Waals surface area (Å²) in [5.74, 6) is -0.842. The van der Waals surface area contributed by atoms with E-state index in [1.54, 1.807) is 33.7 Å². The Morgan fingerprint density at radius 3 is 2.57 bits per heavy atom. The highest BCUT2D eigenvalue weighted by Gasteiger charge is 2.31. The zero-order chi connectivity index (χ0) is 19.3. The van der Waals surface area contributed by atoms with Crippen molar-refractivity contribution in [3.05, 3.63) is 64.5 Å². The van der Waals surface area contributed by atoms with Crippen LogP contribution in [0.25, 0.3) is 9.88 Å². The van der Waals surface area contributed by atoms with Crippen LogP contribution in [0.15, 0.2) is 53.2 Å². The van der Waals surface area contributed by atoms with Crippen molar-refractivity contribution in [2.24, 2.45) is 0 Å². The van der Waals surface area contributed by atoms with E-state index < -0.39 is 12.1 Å². The zero-order valence-corrected chi connectivity index (χ0v) is 16.6. The standard InChI is InChI=1S/C20H18N2O4S2/c23-19(22-8-10-25-11-9-22)17(14-5-2-1-3-6-14)26-20(24)15-13-28-18(21-15)16-7-4-12-27-16/h1-7,12-13,17H,8-11H2/t17-/m1/s1. The first-order valence-corrected chi connectivity index (χ1v) is 10.6. The minimum atomic E-state index is -1.00. The number of nitrogens with zero attached hydrogens (tertiary/aromatic N) is 2. The van der Waals surface area contributed by atoms with E-state index in [1.165, 1.54) is 11.3 Å². The number of thiophene rings is 1. The third kappa shape index (κ3) is 4.14. The Kier molecular flexibility index (Phi) is 5.80. The van der Waals surface area contributed by atoms with Crippen LogP contribution >= 0.6 is 22.7 Å². The van der Waals surface area contributed by atoms with E-state index in [2.05, 4.69) is 4.98 Å².